The molecule has 3 heterocycles. The molecule has 3 aliphatic rings. The number of halogens is 1. The van der Waals surface area contributed by atoms with Crippen molar-refractivity contribution in [2.75, 3.05) is 0 Å². The van der Waals surface area contributed by atoms with Gasteiger partial charge in [-0.2, -0.15) is 0 Å². The van der Waals surface area contributed by atoms with E-state index in [-0.39, 0.29) is 0 Å². The Hall–Kier alpha value is 0.370. The third kappa shape index (κ3) is 1.59. The van der Waals surface area contributed by atoms with Crippen molar-refractivity contribution in [3.63, 3.8) is 0 Å². The summed E-state index contributed by atoms with van der Waals surface area (Å²) in [4.78, 5) is 0.539. The van der Waals surface area contributed by atoms with E-state index < -0.39 is 14.5 Å². The van der Waals surface area contributed by atoms with Crippen LogP contribution in [0, 0.1) is 0 Å². The molecule has 2 fully saturated rings. The molecule has 3 heteroatoms. The number of hydrogen-bond acceptors (Lipinski definition) is 0. The number of alkyl halides is 1. The molecule has 4 rings (SSSR count). The molecule has 22 heavy (non-hydrogen) atoms. The molecule has 1 aromatic rings. The summed E-state index contributed by atoms with van der Waals surface area (Å²) in [6.45, 7) is 10.2. The Kier molecular flexibility index (Phi) is 3.74. The van der Waals surface area contributed by atoms with Crippen molar-refractivity contribution >= 4 is 36.7 Å². The molecule has 0 saturated carbocycles. The van der Waals surface area contributed by atoms with E-state index in [0.29, 0.717) is 4.86 Å². The van der Waals surface area contributed by atoms with Crippen LogP contribution in [0.2, 0.25) is 0 Å². The van der Waals surface area contributed by atoms with Gasteiger partial charge in [-0.15, -0.1) is 0 Å². The average Bonchev–Trinajstić information content (AvgIpc) is 3.06. The molecule has 3 aliphatic heterocycles. The molecule has 0 unspecified atom stereocenters. The summed E-state index contributed by atoms with van der Waals surface area (Å²) < 4.78 is 0. The zero-order valence-corrected chi connectivity index (χ0v) is 17.2. The van der Waals surface area contributed by atoms with Crippen molar-refractivity contribution in [2.45, 2.75) is 80.9 Å². The second-order valence-corrected chi connectivity index (χ2v) is 20.2. The fourth-order valence-corrected chi connectivity index (χ4v) is 30.0. The Morgan fingerprint density at radius 1 is 0.727 bits per heavy atom. The second-order valence-electron chi connectivity index (χ2n) is 8.53. The molecule has 2 saturated heterocycles. The predicted molar refractivity (Wildman–Crippen MR) is 108 cm³/mol. The van der Waals surface area contributed by atoms with Crippen molar-refractivity contribution in [3.8, 4) is 0 Å². The van der Waals surface area contributed by atoms with E-state index in [4.69, 9.17) is 11.6 Å². The van der Waals surface area contributed by atoms with Crippen LogP contribution >= 0.6 is 26.1 Å². The molecule has 0 amide bonds. The van der Waals surface area contributed by atoms with Gasteiger partial charge in [0, 0.05) is 0 Å². The number of benzene rings is 1. The zero-order chi connectivity index (χ0) is 15.7. The molecule has 124 valence electrons. The molecule has 1 aromatic carbocycles. The van der Waals surface area contributed by atoms with Crippen LogP contribution in [0.5, 0.6) is 0 Å². The fourth-order valence-electron chi connectivity index (χ4n) is 6.89. The number of hydrogen-bond donors (Lipinski definition) is 0. The molecular weight excluding hydrogens is 326 g/mol. The number of fused-ring (bicyclic) bond motifs is 3. The van der Waals surface area contributed by atoms with Crippen LogP contribution in [0.1, 0.15) is 53.4 Å². The van der Waals surface area contributed by atoms with E-state index in [2.05, 4.69) is 52.0 Å². The first-order valence-electron chi connectivity index (χ1n) is 9.22. The topological polar surface area (TPSA) is 0 Å². The maximum atomic E-state index is 7.61. The van der Waals surface area contributed by atoms with Crippen molar-refractivity contribution in [3.05, 3.63) is 24.3 Å². The standard InChI is InChI=1S/C19H31ClP2/c1-13-9-10-14(2)21(13)17-7-5-6-8-18(17)22(19(21)20)15(3)11-12-16(22)4/h5-8,13-16,19,21-22H,9-12H2,1-4H3/t13-,14-,15-,16-/m0/s1. The van der Waals surface area contributed by atoms with Crippen LogP contribution in [0.25, 0.3) is 0 Å². The van der Waals surface area contributed by atoms with Crippen molar-refractivity contribution in [2.24, 2.45) is 0 Å². The Morgan fingerprint density at radius 2 is 1.05 bits per heavy atom. The Bertz CT molecular complexity index is 528. The summed E-state index contributed by atoms with van der Waals surface area (Å²) in [7, 11) is -3.19. The van der Waals surface area contributed by atoms with Gasteiger partial charge < -0.3 is 0 Å². The Labute approximate surface area is 142 Å². The minimum absolute atomic E-state index is 0.539. The van der Waals surface area contributed by atoms with Gasteiger partial charge in [0.25, 0.3) is 0 Å². The van der Waals surface area contributed by atoms with Gasteiger partial charge in [-0.25, -0.2) is 0 Å². The summed E-state index contributed by atoms with van der Waals surface area (Å²) in [6, 6.07) is 9.61. The third-order valence-electron chi connectivity index (χ3n) is 8.03. The van der Waals surface area contributed by atoms with Crippen LogP contribution < -0.4 is 10.6 Å². The summed E-state index contributed by atoms with van der Waals surface area (Å²) in [5.74, 6) is 0. The minimum atomic E-state index is -1.59. The van der Waals surface area contributed by atoms with Gasteiger partial charge in [-0.3, -0.25) is 0 Å². The van der Waals surface area contributed by atoms with E-state index in [9.17, 15) is 0 Å². The van der Waals surface area contributed by atoms with Crippen LogP contribution in [-0.4, -0.2) is 27.5 Å². The van der Waals surface area contributed by atoms with Gasteiger partial charge >= 0.3 is 142 Å². The van der Waals surface area contributed by atoms with E-state index in [0.717, 1.165) is 22.6 Å². The first-order valence-corrected chi connectivity index (χ1v) is 14.1. The van der Waals surface area contributed by atoms with Crippen molar-refractivity contribution < 1.29 is 0 Å². The molecule has 4 atom stereocenters. The van der Waals surface area contributed by atoms with E-state index >= 15 is 0 Å². The SMILES string of the molecule is C[C@H]1CC[C@H](C)[PH]12c1ccccc1[PH]1(C2Cl)[C@@H](C)CC[C@@H]1C. The van der Waals surface area contributed by atoms with Gasteiger partial charge in [0.2, 0.25) is 0 Å². The molecule has 0 bridgehead atoms. The molecule has 2 spiro atoms. The molecule has 0 nitrogen and oxygen atoms in total. The predicted octanol–water partition coefficient (Wildman–Crippen LogP) is 5.11. The monoisotopic (exact) mass is 356 g/mol. The Morgan fingerprint density at radius 3 is 1.36 bits per heavy atom. The van der Waals surface area contributed by atoms with Gasteiger partial charge in [0.1, 0.15) is 0 Å². The first-order chi connectivity index (χ1) is 10.5. The van der Waals surface area contributed by atoms with Crippen LogP contribution in [0.3, 0.4) is 0 Å². The quantitative estimate of drug-likeness (QED) is 0.447. The Balaban J connectivity index is 2.03. The second kappa shape index (κ2) is 5.18. The van der Waals surface area contributed by atoms with Gasteiger partial charge in [-0.1, -0.05) is 0 Å². The van der Waals surface area contributed by atoms with Crippen LogP contribution in [0.4, 0.5) is 0 Å². The van der Waals surface area contributed by atoms with Crippen LogP contribution in [0.15, 0.2) is 24.3 Å². The zero-order valence-electron chi connectivity index (χ0n) is 14.4. The molecule has 0 aliphatic carbocycles. The molecule has 0 N–H and O–H groups in total. The fraction of sp³-hybridized carbons (Fsp3) is 0.684. The molecular formula is C19H31ClP2. The van der Waals surface area contributed by atoms with Crippen molar-refractivity contribution in [1.29, 1.82) is 0 Å². The van der Waals surface area contributed by atoms with Crippen molar-refractivity contribution in [1.82, 2.24) is 0 Å². The molecule has 0 radical (unpaired) electrons. The first kappa shape index (κ1) is 15.9. The van der Waals surface area contributed by atoms with Gasteiger partial charge in [0.15, 0.2) is 0 Å². The molecule has 0 aromatic heterocycles. The summed E-state index contributed by atoms with van der Waals surface area (Å²) in [6.07, 6.45) is 5.66. The normalized spacial score (nSPS) is 44.3. The van der Waals surface area contributed by atoms with Crippen LogP contribution in [-0.2, 0) is 0 Å². The number of rotatable bonds is 0. The van der Waals surface area contributed by atoms with E-state index in [1.54, 1.807) is 10.6 Å². The van der Waals surface area contributed by atoms with E-state index in [1.807, 2.05) is 0 Å². The summed E-state index contributed by atoms with van der Waals surface area (Å²) >= 11 is 7.61. The van der Waals surface area contributed by atoms with E-state index in [1.165, 1.54) is 25.7 Å². The summed E-state index contributed by atoms with van der Waals surface area (Å²) in [5.41, 5.74) is 3.49. The third-order valence-corrected chi connectivity index (χ3v) is 25.4. The summed E-state index contributed by atoms with van der Waals surface area (Å²) in [5, 5.41) is 3.61. The maximum absolute atomic E-state index is 7.61. The average molecular weight is 357 g/mol. The van der Waals surface area contributed by atoms with Gasteiger partial charge in [0.05, 0.1) is 0 Å². The van der Waals surface area contributed by atoms with Gasteiger partial charge in [-0.05, 0) is 0 Å².